The molecule has 3 atom stereocenters. The second kappa shape index (κ2) is 8.56. The smallest absolute Gasteiger partial charge is 0.161 e. The standard InChI is InChI=1S/C25H23ClN2O3/c1-14-19(13-27)24(16-6-9-22(30-2)23(12-16)31-3)25-20(28-14)10-17(11-21(25)29)15-4-7-18(26)8-5-15/h4-9,12,17,19,24H,10-11H2,1-3H3/t17-,19?,24+/m0/s1. The average molecular weight is 435 g/mol. The highest BCUT2D eigenvalue weighted by molar-refractivity contribution is 6.30. The van der Waals surface area contributed by atoms with Crippen LogP contribution in [0.4, 0.5) is 0 Å². The Bertz CT molecular complexity index is 1130. The first kappa shape index (κ1) is 21.1. The molecule has 2 aromatic rings. The molecule has 2 aromatic carbocycles. The Kier molecular flexibility index (Phi) is 5.84. The SMILES string of the molecule is COc1ccc([C@H]2C3=C(C[C@H](c4ccc(Cl)cc4)CC3=O)N=C(C)C2C#N)cc1OC. The van der Waals surface area contributed by atoms with Gasteiger partial charge in [-0.1, -0.05) is 29.8 Å². The third-order valence-corrected chi connectivity index (χ3v) is 6.39. The van der Waals surface area contributed by atoms with Gasteiger partial charge in [0.25, 0.3) is 0 Å². The quantitative estimate of drug-likeness (QED) is 0.640. The summed E-state index contributed by atoms with van der Waals surface area (Å²) in [5.74, 6) is 0.375. The zero-order chi connectivity index (χ0) is 22.1. The van der Waals surface area contributed by atoms with Gasteiger partial charge in [-0.15, -0.1) is 0 Å². The molecule has 0 amide bonds. The number of hydrogen-bond donors (Lipinski definition) is 0. The van der Waals surface area contributed by atoms with Crippen LogP contribution in [0.1, 0.15) is 42.7 Å². The Labute approximate surface area is 187 Å². The van der Waals surface area contributed by atoms with E-state index in [9.17, 15) is 10.1 Å². The number of allylic oxidation sites excluding steroid dienone is 2. The van der Waals surface area contributed by atoms with E-state index in [2.05, 4.69) is 6.07 Å². The lowest BCUT2D eigenvalue weighted by atomic mass is 9.69. The van der Waals surface area contributed by atoms with Crippen LogP contribution >= 0.6 is 11.6 Å². The molecule has 0 bridgehead atoms. The Morgan fingerprint density at radius 2 is 1.71 bits per heavy atom. The molecule has 1 heterocycles. The van der Waals surface area contributed by atoms with Crippen LogP contribution in [0, 0.1) is 17.2 Å². The molecule has 5 nitrogen and oxygen atoms in total. The fourth-order valence-electron chi connectivity index (χ4n) is 4.60. The number of carbonyl (C=O) groups excluding carboxylic acids is 1. The lowest BCUT2D eigenvalue weighted by molar-refractivity contribution is -0.116. The van der Waals surface area contributed by atoms with E-state index in [1.165, 1.54) is 0 Å². The predicted molar refractivity (Wildman–Crippen MR) is 120 cm³/mol. The first-order valence-electron chi connectivity index (χ1n) is 10.1. The molecule has 0 saturated carbocycles. The van der Waals surface area contributed by atoms with Gasteiger partial charge in [-0.3, -0.25) is 9.79 Å². The summed E-state index contributed by atoms with van der Waals surface area (Å²) in [5.41, 5.74) is 4.08. The summed E-state index contributed by atoms with van der Waals surface area (Å²) in [4.78, 5) is 18.1. The van der Waals surface area contributed by atoms with Crippen molar-refractivity contribution in [1.29, 1.82) is 5.26 Å². The maximum Gasteiger partial charge on any atom is 0.161 e. The maximum atomic E-state index is 13.4. The third-order valence-electron chi connectivity index (χ3n) is 6.14. The molecule has 0 spiro atoms. The number of aliphatic imine (C=N–C) groups is 1. The number of nitrogens with zero attached hydrogens (tertiary/aromatic N) is 2. The summed E-state index contributed by atoms with van der Waals surface area (Å²) in [6.45, 7) is 1.86. The molecule has 0 fully saturated rings. The van der Waals surface area contributed by atoms with Crippen LogP contribution < -0.4 is 9.47 Å². The summed E-state index contributed by atoms with van der Waals surface area (Å²) < 4.78 is 10.8. The molecule has 158 valence electrons. The molecule has 31 heavy (non-hydrogen) atoms. The van der Waals surface area contributed by atoms with Crippen molar-refractivity contribution in [3.05, 3.63) is 69.9 Å². The second-order valence-electron chi connectivity index (χ2n) is 7.89. The summed E-state index contributed by atoms with van der Waals surface area (Å²) in [6, 6.07) is 15.6. The average Bonchev–Trinajstić information content (AvgIpc) is 2.78. The highest BCUT2D eigenvalue weighted by Gasteiger charge is 2.41. The summed E-state index contributed by atoms with van der Waals surface area (Å²) >= 11 is 6.03. The van der Waals surface area contributed by atoms with Crippen LogP contribution in [-0.4, -0.2) is 25.7 Å². The Hall–Kier alpha value is -3.10. The number of carbonyl (C=O) groups is 1. The van der Waals surface area contributed by atoms with Gasteiger partial charge in [-0.2, -0.15) is 5.26 Å². The van der Waals surface area contributed by atoms with Crippen LogP contribution in [0.25, 0.3) is 0 Å². The normalized spacial score (nSPS) is 23.0. The molecule has 2 aliphatic rings. The number of rotatable bonds is 4. The van der Waals surface area contributed by atoms with Gasteiger partial charge in [0.15, 0.2) is 17.3 Å². The molecule has 1 aliphatic carbocycles. The molecule has 1 aliphatic heterocycles. The van der Waals surface area contributed by atoms with Gasteiger partial charge in [-0.05, 0) is 54.7 Å². The number of Topliss-reactive ketones (excluding diaryl/α,β-unsaturated/α-hetero) is 1. The lowest BCUT2D eigenvalue weighted by Gasteiger charge is -2.35. The molecule has 0 saturated heterocycles. The van der Waals surface area contributed by atoms with E-state index >= 15 is 0 Å². The van der Waals surface area contributed by atoms with Gasteiger partial charge in [0.2, 0.25) is 0 Å². The van der Waals surface area contributed by atoms with Crippen LogP contribution in [-0.2, 0) is 4.79 Å². The largest absolute Gasteiger partial charge is 0.493 e. The molecule has 0 aromatic heterocycles. The van der Waals surface area contributed by atoms with Crippen molar-refractivity contribution < 1.29 is 14.3 Å². The molecule has 6 heteroatoms. The van der Waals surface area contributed by atoms with Gasteiger partial charge in [0, 0.05) is 34.3 Å². The fraction of sp³-hybridized carbons (Fsp3) is 0.320. The summed E-state index contributed by atoms with van der Waals surface area (Å²) in [6.07, 6.45) is 1.04. The molecule has 4 rings (SSSR count). The number of ketones is 1. The molecule has 0 radical (unpaired) electrons. The minimum Gasteiger partial charge on any atom is -0.493 e. The number of halogens is 1. The Balaban J connectivity index is 1.79. The van der Waals surface area contributed by atoms with Crippen molar-refractivity contribution >= 4 is 23.1 Å². The number of hydrogen-bond acceptors (Lipinski definition) is 5. The Morgan fingerprint density at radius 1 is 1.03 bits per heavy atom. The first-order chi connectivity index (χ1) is 15.0. The number of nitriles is 1. The van der Waals surface area contributed by atoms with Crippen molar-refractivity contribution in [1.82, 2.24) is 0 Å². The van der Waals surface area contributed by atoms with E-state index in [4.69, 9.17) is 26.1 Å². The van der Waals surface area contributed by atoms with Crippen LogP contribution in [0.15, 0.2) is 58.7 Å². The zero-order valence-corrected chi connectivity index (χ0v) is 18.4. The monoisotopic (exact) mass is 434 g/mol. The minimum atomic E-state index is -0.507. The highest BCUT2D eigenvalue weighted by atomic mass is 35.5. The number of ether oxygens (including phenoxy) is 2. The third kappa shape index (κ3) is 3.84. The summed E-state index contributed by atoms with van der Waals surface area (Å²) in [7, 11) is 3.15. The van der Waals surface area contributed by atoms with E-state index < -0.39 is 5.92 Å². The first-order valence-corrected chi connectivity index (χ1v) is 10.5. The van der Waals surface area contributed by atoms with E-state index in [0.29, 0.717) is 34.9 Å². The van der Waals surface area contributed by atoms with Crippen molar-refractivity contribution in [3.8, 4) is 17.6 Å². The van der Waals surface area contributed by atoms with Gasteiger partial charge in [-0.25, -0.2) is 0 Å². The molecule has 0 N–H and O–H groups in total. The molecule has 1 unspecified atom stereocenters. The van der Waals surface area contributed by atoms with Crippen LogP contribution in [0.2, 0.25) is 5.02 Å². The molecular formula is C25H23ClN2O3. The van der Waals surface area contributed by atoms with E-state index in [-0.39, 0.29) is 17.6 Å². The fourth-order valence-corrected chi connectivity index (χ4v) is 4.73. The van der Waals surface area contributed by atoms with E-state index in [1.807, 2.05) is 49.4 Å². The van der Waals surface area contributed by atoms with Crippen LogP contribution in [0.5, 0.6) is 11.5 Å². The second-order valence-corrected chi connectivity index (χ2v) is 8.33. The van der Waals surface area contributed by atoms with E-state index in [1.54, 1.807) is 14.2 Å². The summed E-state index contributed by atoms with van der Waals surface area (Å²) in [5, 5.41) is 10.6. The predicted octanol–water partition coefficient (Wildman–Crippen LogP) is 5.46. The van der Waals surface area contributed by atoms with Crippen molar-refractivity contribution in [2.45, 2.75) is 31.6 Å². The van der Waals surface area contributed by atoms with Gasteiger partial charge in [0.1, 0.15) is 0 Å². The zero-order valence-electron chi connectivity index (χ0n) is 17.7. The van der Waals surface area contributed by atoms with E-state index in [0.717, 1.165) is 22.5 Å². The molecular weight excluding hydrogens is 412 g/mol. The lowest BCUT2D eigenvalue weighted by Crippen LogP contribution is -2.32. The topological polar surface area (TPSA) is 71.7 Å². The van der Waals surface area contributed by atoms with Crippen molar-refractivity contribution in [2.75, 3.05) is 14.2 Å². The minimum absolute atomic E-state index is 0.0393. The van der Waals surface area contributed by atoms with Gasteiger partial charge in [0.05, 0.1) is 26.2 Å². The number of methoxy groups -OCH3 is 2. The van der Waals surface area contributed by atoms with Gasteiger partial charge < -0.3 is 9.47 Å². The van der Waals surface area contributed by atoms with Crippen LogP contribution in [0.3, 0.4) is 0 Å². The maximum absolute atomic E-state index is 13.4. The van der Waals surface area contributed by atoms with Crippen molar-refractivity contribution in [3.63, 3.8) is 0 Å². The number of benzene rings is 2. The van der Waals surface area contributed by atoms with Crippen molar-refractivity contribution in [2.24, 2.45) is 10.9 Å². The van der Waals surface area contributed by atoms with Gasteiger partial charge >= 0.3 is 0 Å². The highest BCUT2D eigenvalue weighted by Crippen LogP contribution is 2.47. The Morgan fingerprint density at radius 3 is 2.35 bits per heavy atom.